The summed E-state index contributed by atoms with van der Waals surface area (Å²) in [5.74, 6) is 20.3. The lowest BCUT2D eigenvalue weighted by atomic mass is 9.92. The molecule has 0 saturated carbocycles. The maximum absolute atomic E-state index is 10.7. The van der Waals surface area contributed by atoms with Gasteiger partial charge in [-0.05, 0) is 87.1 Å². The van der Waals surface area contributed by atoms with Gasteiger partial charge >= 0.3 is 5.51 Å². The summed E-state index contributed by atoms with van der Waals surface area (Å²) >= 11 is 3.32. The minimum Gasteiger partial charge on any atom is -0.741 e. The number of aromatic nitrogens is 6. The van der Waals surface area contributed by atoms with Gasteiger partial charge in [0.2, 0.25) is 0 Å². The number of alkyl halides is 4. The molecule has 0 N–H and O–H groups in total. The fourth-order valence-corrected chi connectivity index (χ4v) is 7.66. The molecular weight excluding hydrogens is 781 g/mol. The molecule has 0 atom stereocenters. The van der Waals surface area contributed by atoms with E-state index >= 15 is 0 Å². The molecule has 11 nitrogen and oxygen atoms in total. The number of halogens is 4. The van der Waals surface area contributed by atoms with E-state index in [4.69, 9.17) is 23.5 Å². The summed E-state index contributed by atoms with van der Waals surface area (Å²) in [5, 5.41) is 34.2. The molecular formula is C35H30BrF3N8O3S2. The summed E-state index contributed by atoms with van der Waals surface area (Å²) in [4.78, 5) is 0. The monoisotopic (exact) mass is 810 g/mol. The number of benzene rings is 2. The first-order valence-corrected chi connectivity index (χ1v) is 19.2. The van der Waals surface area contributed by atoms with Crippen LogP contribution in [0.2, 0.25) is 0 Å². The zero-order chi connectivity index (χ0) is 38.6. The third-order valence-corrected chi connectivity index (χ3v) is 10.6. The molecule has 5 rings (SSSR count). The highest BCUT2D eigenvalue weighted by Gasteiger charge is 2.38. The molecule has 1 aliphatic heterocycles. The molecule has 0 aliphatic carbocycles. The second-order valence-electron chi connectivity index (χ2n) is 12.2. The molecule has 0 radical (unpaired) electrons. The highest BCUT2D eigenvalue weighted by molar-refractivity contribution is 9.08. The van der Waals surface area contributed by atoms with Crippen molar-refractivity contribution < 1.29 is 26.1 Å². The molecule has 0 bridgehead atoms. The standard InChI is InChI=1S/C22H23N4S.C12H7BrN4.CHF3O3S/c1-21(2)11-12-22(3,4)17-27(16-21)15-19-14-26(25-24-19)20-9-7-18(8-10-20)6-5-13-23;13-8-11-9-17(16-15-11)12-5-3-10(4-6-12)2-1-7-14;2-1(3,4)8(5,6)7/h7-10,14H,15-17H2,1-4H3;3-6,9H,8H2;(H,5,6,7)/q+1;;/p-1. The Morgan fingerprint density at radius 1 is 0.827 bits per heavy atom. The van der Waals surface area contributed by atoms with E-state index in [0.717, 1.165) is 51.1 Å². The van der Waals surface area contributed by atoms with Crippen LogP contribution in [-0.2, 0) is 32.1 Å². The number of hydrogen-bond acceptors (Lipinski definition) is 9. The van der Waals surface area contributed by atoms with Crippen LogP contribution in [0.4, 0.5) is 13.2 Å². The molecule has 1 aliphatic rings. The van der Waals surface area contributed by atoms with Crippen LogP contribution in [0.5, 0.6) is 0 Å². The Balaban J connectivity index is 0.000000248. The highest BCUT2D eigenvalue weighted by Crippen LogP contribution is 2.30. The minimum atomic E-state index is -6.09. The van der Waals surface area contributed by atoms with Gasteiger partial charge in [-0.25, -0.2) is 17.8 Å². The quantitative estimate of drug-likeness (QED) is 0.0842. The number of nitrogens with zero attached hydrogens (tertiary/aromatic N) is 8. The second-order valence-corrected chi connectivity index (χ2v) is 16.2. The Morgan fingerprint density at radius 3 is 1.56 bits per heavy atom. The van der Waals surface area contributed by atoms with Gasteiger partial charge in [0.25, 0.3) is 0 Å². The lowest BCUT2D eigenvalue weighted by Crippen LogP contribution is -2.29. The van der Waals surface area contributed by atoms with Gasteiger partial charge in [0.05, 0.1) is 40.3 Å². The topological polar surface area (TPSA) is 166 Å². The van der Waals surface area contributed by atoms with Gasteiger partial charge in [-0.3, -0.25) is 0 Å². The minimum absolute atomic E-state index is 0.0488. The predicted molar refractivity (Wildman–Crippen MR) is 192 cm³/mol. The smallest absolute Gasteiger partial charge is 0.485 e. The number of rotatable bonds is 5. The first kappa shape index (κ1) is 41.3. The zero-order valence-electron chi connectivity index (χ0n) is 28.2. The zero-order valence-corrected chi connectivity index (χ0v) is 31.5. The maximum atomic E-state index is 10.7. The van der Waals surface area contributed by atoms with E-state index in [2.05, 4.69) is 99.8 Å². The molecule has 17 heteroatoms. The van der Waals surface area contributed by atoms with Gasteiger partial charge in [0, 0.05) is 28.3 Å². The molecule has 268 valence electrons. The van der Waals surface area contributed by atoms with Crippen LogP contribution in [0.25, 0.3) is 11.4 Å². The molecule has 4 aromatic rings. The van der Waals surface area contributed by atoms with Crippen molar-refractivity contribution in [3.05, 3.63) is 83.4 Å². The van der Waals surface area contributed by atoms with Gasteiger partial charge in [-0.15, -0.1) is 10.2 Å². The van der Waals surface area contributed by atoms with Gasteiger partial charge < -0.3 is 4.55 Å². The van der Waals surface area contributed by atoms with E-state index in [1.165, 1.54) is 0 Å². The normalized spacial score (nSPS) is 14.3. The van der Waals surface area contributed by atoms with Crippen LogP contribution >= 0.6 is 15.9 Å². The molecule has 3 heterocycles. The summed E-state index contributed by atoms with van der Waals surface area (Å²) < 4.78 is 62.4. The summed E-state index contributed by atoms with van der Waals surface area (Å²) in [5.41, 5.74) is -0.204. The summed E-state index contributed by atoms with van der Waals surface area (Å²) in [6.07, 6.45) is 3.86. The predicted octanol–water partition coefficient (Wildman–Crippen LogP) is 5.42. The van der Waals surface area contributed by atoms with E-state index in [0.29, 0.717) is 5.33 Å². The van der Waals surface area contributed by atoms with Crippen LogP contribution in [0.3, 0.4) is 0 Å². The Labute approximate surface area is 311 Å². The summed E-state index contributed by atoms with van der Waals surface area (Å²) in [6, 6.07) is 18.7. The van der Waals surface area contributed by atoms with Crippen molar-refractivity contribution >= 4 is 36.9 Å². The van der Waals surface area contributed by atoms with E-state index in [1.807, 2.05) is 67.0 Å². The number of hydrogen-bond donors (Lipinski definition) is 0. The second kappa shape index (κ2) is 17.9. The van der Waals surface area contributed by atoms with Gasteiger partial charge in [-0.1, -0.05) is 50.0 Å². The molecule has 52 heavy (non-hydrogen) atoms. The Hall–Kier alpha value is -5.09. The van der Waals surface area contributed by atoms with E-state index in [-0.39, 0.29) is 21.7 Å². The van der Waals surface area contributed by atoms with Crippen molar-refractivity contribution in [3.63, 3.8) is 0 Å². The molecule has 2 aromatic carbocycles. The largest absolute Gasteiger partial charge is 0.741 e. The first-order valence-electron chi connectivity index (χ1n) is 14.9. The molecule has 0 unspecified atom stereocenters. The van der Waals surface area contributed by atoms with Gasteiger partial charge in [0.15, 0.2) is 28.0 Å². The van der Waals surface area contributed by atoms with Gasteiger partial charge in [-0.2, -0.15) is 23.7 Å². The summed E-state index contributed by atoms with van der Waals surface area (Å²) in [7, 11) is -5.88. The fourth-order valence-electron chi connectivity index (χ4n) is 4.37. The van der Waals surface area contributed by atoms with Crippen molar-refractivity contribution in [2.45, 2.75) is 44.3 Å². The first-order chi connectivity index (χ1) is 24.3. The van der Waals surface area contributed by atoms with Gasteiger partial charge in [0.1, 0.15) is 17.2 Å². The lowest BCUT2D eigenvalue weighted by molar-refractivity contribution is -0.0517. The van der Waals surface area contributed by atoms with Crippen molar-refractivity contribution in [2.75, 3.05) is 11.5 Å². The Kier molecular flexibility index (Phi) is 14.2. The third kappa shape index (κ3) is 13.2. The van der Waals surface area contributed by atoms with E-state index in [9.17, 15) is 13.2 Å². The highest BCUT2D eigenvalue weighted by atomic mass is 79.9. The van der Waals surface area contributed by atoms with Crippen molar-refractivity contribution in [1.29, 1.82) is 10.5 Å². The SMILES string of the molecule is CC1(C)C#CC(C)(C)C[S+](Cc2cn(-c3ccc(C#CC#N)cc3)nn2)C1.N#CC#Cc1ccc(-n2cc(CBr)nn2)cc1.O=S(=O)([O-])C(F)(F)F. The molecule has 0 amide bonds. The fraction of sp³-hybridized carbons (Fsp3) is 0.314. The third-order valence-electron chi connectivity index (χ3n) is 6.51. The Morgan fingerprint density at radius 2 is 1.21 bits per heavy atom. The van der Waals surface area contributed by atoms with Crippen LogP contribution in [0.1, 0.15) is 50.2 Å². The average Bonchev–Trinajstić information content (AvgIpc) is 3.73. The van der Waals surface area contributed by atoms with E-state index < -0.39 is 15.6 Å². The summed E-state index contributed by atoms with van der Waals surface area (Å²) in [6.45, 7) is 8.92. The van der Waals surface area contributed by atoms with Crippen LogP contribution in [0, 0.1) is 69.0 Å². The maximum Gasteiger partial charge on any atom is 0.485 e. The van der Waals surface area contributed by atoms with Crippen LogP contribution in [-0.4, -0.2) is 60.0 Å². The Bertz CT molecular complexity index is 2220. The van der Waals surface area contributed by atoms with Crippen molar-refractivity contribution in [3.8, 4) is 59.0 Å². The van der Waals surface area contributed by atoms with Crippen molar-refractivity contribution in [1.82, 2.24) is 30.0 Å². The van der Waals surface area contributed by atoms with E-state index in [1.54, 1.807) is 15.4 Å². The number of nitriles is 2. The van der Waals surface area contributed by atoms with Crippen LogP contribution in [0.15, 0.2) is 60.9 Å². The molecule has 2 aromatic heterocycles. The van der Waals surface area contributed by atoms with Crippen LogP contribution < -0.4 is 0 Å². The molecule has 0 saturated heterocycles. The molecule has 0 spiro atoms. The molecule has 0 fully saturated rings. The average molecular weight is 812 g/mol. The lowest BCUT2D eigenvalue weighted by Gasteiger charge is -2.18. The van der Waals surface area contributed by atoms with Crippen molar-refractivity contribution in [2.24, 2.45) is 10.8 Å².